The van der Waals surface area contributed by atoms with E-state index in [0.717, 1.165) is 31.6 Å². The highest BCUT2D eigenvalue weighted by atomic mass is 35.5. The van der Waals surface area contributed by atoms with Crippen molar-refractivity contribution in [3.05, 3.63) is 52.8 Å². The fourth-order valence-corrected chi connectivity index (χ4v) is 3.71. The summed E-state index contributed by atoms with van der Waals surface area (Å²) in [6.07, 6.45) is 2.15. The molecule has 1 fully saturated rings. The zero-order chi connectivity index (χ0) is 22.5. The van der Waals surface area contributed by atoms with Gasteiger partial charge in [0, 0.05) is 36.2 Å². The van der Waals surface area contributed by atoms with E-state index in [4.69, 9.17) is 11.6 Å². The molecule has 3 rings (SSSR count). The second kappa shape index (κ2) is 10.0. The summed E-state index contributed by atoms with van der Waals surface area (Å²) < 4.78 is 13.3. The normalized spacial score (nSPS) is 14.5. The number of anilines is 3. The molecule has 2 aromatic carbocycles. The minimum Gasteiger partial charge on any atom is -0.371 e. The number of hydrogen-bond acceptors (Lipinski definition) is 3. The van der Waals surface area contributed by atoms with Gasteiger partial charge in [-0.3, -0.25) is 4.79 Å². The van der Waals surface area contributed by atoms with Crippen LogP contribution in [0.25, 0.3) is 0 Å². The maximum Gasteiger partial charge on any atom is 0.323 e. The van der Waals surface area contributed by atoms with Crippen LogP contribution in [0.5, 0.6) is 0 Å². The molecule has 0 spiro atoms. The van der Waals surface area contributed by atoms with E-state index in [2.05, 4.69) is 27.8 Å². The molecule has 1 aliphatic heterocycles. The molecule has 31 heavy (non-hydrogen) atoms. The number of carbonyl (C=O) groups excluding carboxylic acids is 2. The van der Waals surface area contributed by atoms with Gasteiger partial charge in [-0.15, -0.1) is 0 Å². The Kier molecular flexibility index (Phi) is 7.38. The van der Waals surface area contributed by atoms with Crippen LogP contribution in [0.15, 0.2) is 36.4 Å². The Hall–Kier alpha value is -2.80. The number of hydrogen-bond donors (Lipinski definition) is 3. The lowest BCUT2D eigenvalue weighted by Gasteiger charge is -2.33. The van der Waals surface area contributed by atoms with Gasteiger partial charge < -0.3 is 20.9 Å². The van der Waals surface area contributed by atoms with Gasteiger partial charge >= 0.3 is 6.03 Å². The molecular weight excluding hydrogens is 419 g/mol. The van der Waals surface area contributed by atoms with Crippen LogP contribution in [-0.2, 0) is 0 Å². The third kappa shape index (κ3) is 6.10. The van der Waals surface area contributed by atoms with E-state index in [1.807, 2.05) is 19.9 Å². The van der Waals surface area contributed by atoms with Gasteiger partial charge in [0.25, 0.3) is 5.91 Å². The average molecular weight is 447 g/mol. The molecule has 6 nitrogen and oxygen atoms in total. The summed E-state index contributed by atoms with van der Waals surface area (Å²) in [7, 11) is 0. The summed E-state index contributed by atoms with van der Waals surface area (Å²) in [5.74, 6) is -0.0667. The number of urea groups is 1. The van der Waals surface area contributed by atoms with Crippen LogP contribution in [0, 0.1) is 11.7 Å². The van der Waals surface area contributed by atoms with E-state index >= 15 is 0 Å². The number of nitrogens with zero attached hydrogens (tertiary/aromatic N) is 1. The lowest BCUT2D eigenvalue weighted by atomic mass is 9.97. The largest absolute Gasteiger partial charge is 0.371 e. The highest BCUT2D eigenvalue weighted by Crippen LogP contribution is 2.29. The Morgan fingerprint density at radius 3 is 2.29 bits per heavy atom. The second-order valence-electron chi connectivity index (χ2n) is 8.24. The van der Waals surface area contributed by atoms with Crippen molar-refractivity contribution in [2.75, 3.05) is 28.6 Å². The maximum atomic E-state index is 13.3. The molecule has 1 aliphatic rings. The zero-order valence-electron chi connectivity index (χ0n) is 18.0. The van der Waals surface area contributed by atoms with Crippen molar-refractivity contribution in [1.82, 2.24) is 5.32 Å². The van der Waals surface area contributed by atoms with E-state index in [1.165, 1.54) is 18.2 Å². The molecule has 3 N–H and O–H groups in total. The van der Waals surface area contributed by atoms with Gasteiger partial charge in [-0.25, -0.2) is 9.18 Å². The van der Waals surface area contributed by atoms with Gasteiger partial charge in [0.15, 0.2) is 0 Å². The van der Waals surface area contributed by atoms with Gasteiger partial charge in [-0.2, -0.15) is 0 Å². The number of piperidine rings is 1. The van der Waals surface area contributed by atoms with E-state index in [0.29, 0.717) is 22.9 Å². The van der Waals surface area contributed by atoms with Crippen molar-refractivity contribution in [3.63, 3.8) is 0 Å². The van der Waals surface area contributed by atoms with Gasteiger partial charge in [0.2, 0.25) is 0 Å². The minimum atomic E-state index is -0.559. The molecule has 1 heterocycles. The third-order valence-electron chi connectivity index (χ3n) is 5.22. The first-order valence-corrected chi connectivity index (χ1v) is 10.8. The monoisotopic (exact) mass is 446 g/mol. The van der Waals surface area contributed by atoms with E-state index in [-0.39, 0.29) is 17.0 Å². The molecule has 0 unspecified atom stereocenters. The zero-order valence-corrected chi connectivity index (χ0v) is 18.7. The molecular formula is C23H28ClFN4O2. The van der Waals surface area contributed by atoms with E-state index in [1.54, 1.807) is 12.1 Å². The Bertz CT molecular complexity index is 959. The Morgan fingerprint density at radius 2 is 1.68 bits per heavy atom. The number of benzene rings is 2. The molecule has 0 radical (unpaired) electrons. The predicted molar refractivity (Wildman–Crippen MR) is 124 cm³/mol. The number of carbonyl (C=O) groups is 2. The smallest absolute Gasteiger partial charge is 0.323 e. The fourth-order valence-electron chi connectivity index (χ4n) is 3.53. The number of rotatable bonds is 5. The highest BCUT2D eigenvalue weighted by Gasteiger charge is 2.22. The second-order valence-corrected chi connectivity index (χ2v) is 8.64. The van der Waals surface area contributed by atoms with E-state index in [9.17, 15) is 14.0 Å². The standard InChI is InChI=1S/C23H28ClFN4O2/c1-14(2)26-22(30)18-12-16(5-7-21(18)29-10-8-15(3)9-11-29)27-23(31)28-17-4-6-20(25)19(24)13-17/h4-7,12-15H,8-11H2,1-3H3,(H,26,30)(H2,27,28,31). The van der Waals surface area contributed by atoms with Crippen LogP contribution >= 0.6 is 11.6 Å². The number of halogens is 2. The highest BCUT2D eigenvalue weighted by molar-refractivity contribution is 6.31. The van der Waals surface area contributed by atoms with Crippen molar-refractivity contribution >= 4 is 40.6 Å². The summed E-state index contributed by atoms with van der Waals surface area (Å²) in [5.41, 5.74) is 2.22. The predicted octanol–water partition coefficient (Wildman–Crippen LogP) is 5.50. The van der Waals surface area contributed by atoms with Crippen molar-refractivity contribution in [1.29, 1.82) is 0 Å². The van der Waals surface area contributed by atoms with Crippen molar-refractivity contribution in [2.24, 2.45) is 5.92 Å². The first-order chi connectivity index (χ1) is 14.7. The van der Waals surface area contributed by atoms with Crippen LogP contribution in [0.4, 0.5) is 26.2 Å². The molecule has 166 valence electrons. The Balaban J connectivity index is 1.79. The summed E-state index contributed by atoms with van der Waals surface area (Å²) in [5, 5.41) is 8.19. The van der Waals surface area contributed by atoms with Gasteiger partial charge in [-0.05, 0) is 69.0 Å². The van der Waals surface area contributed by atoms with Crippen LogP contribution in [0.2, 0.25) is 5.02 Å². The van der Waals surface area contributed by atoms with Crippen LogP contribution < -0.4 is 20.9 Å². The fraction of sp³-hybridized carbons (Fsp3) is 0.391. The maximum absolute atomic E-state index is 13.3. The van der Waals surface area contributed by atoms with Crippen molar-refractivity contribution in [2.45, 2.75) is 39.7 Å². The minimum absolute atomic E-state index is 0.00938. The lowest BCUT2D eigenvalue weighted by molar-refractivity contribution is 0.0943. The summed E-state index contributed by atoms with van der Waals surface area (Å²) in [6.45, 7) is 7.83. The molecule has 3 amide bonds. The number of nitrogens with one attached hydrogen (secondary N) is 3. The Labute approximate surface area is 187 Å². The van der Waals surface area contributed by atoms with Crippen LogP contribution in [-0.4, -0.2) is 31.1 Å². The first-order valence-electron chi connectivity index (χ1n) is 10.5. The molecule has 0 aromatic heterocycles. The molecule has 0 aliphatic carbocycles. The molecule has 8 heteroatoms. The Morgan fingerprint density at radius 1 is 1.06 bits per heavy atom. The van der Waals surface area contributed by atoms with Crippen molar-refractivity contribution < 1.29 is 14.0 Å². The van der Waals surface area contributed by atoms with Gasteiger partial charge in [0.1, 0.15) is 5.82 Å². The van der Waals surface area contributed by atoms with Crippen molar-refractivity contribution in [3.8, 4) is 0 Å². The molecule has 1 saturated heterocycles. The lowest BCUT2D eigenvalue weighted by Crippen LogP contribution is -2.36. The van der Waals surface area contributed by atoms with E-state index < -0.39 is 11.8 Å². The summed E-state index contributed by atoms with van der Waals surface area (Å²) >= 11 is 5.76. The third-order valence-corrected chi connectivity index (χ3v) is 5.51. The SMILES string of the molecule is CC1CCN(c2ccc(NC(=O)Nc3ccc(F)c(Cl)c3)cc2C(=O)NC(C)C)CC1. The average Bonchev–Trinajstić information content (AvgIpc) is 2.71. The van der Waals surface area contributed by atoms with Crippen LogP contribution in [0.3, 0.4) is 0 Å². The van der Waals surface area contributed by atoms with Crippen LogP contribution in [0.1, 0.15) is 44.0 Å². The quantitative estimate of drug-likeness (QED) is 0.568. The molecule has 0 bridgehead atoms. The topological polar surface area (TPSA) is 73.5 Å². The van der Waals surface area contributed by atoms with Gasteiger partial charge in [-0.1, -0.05) is 18.5 Å². The summed E-state index contributed by atoms with van der Waals surface area (Å²) in [6, 6.07) is 8.73. The molecule has 2 aromatic rings. The molecule has 0 atom stereocenters. The summed E-state index contributed by atoms with van der Waals surface area (Å²) in [4.78, 5) is 27.5. The number of amides is 3. The molecule has 0 saturated carbocycles. The van der Waals surface area contributed by atoms with Gasteiger partial charge in [0.05, 0.1) is 10.6 Å². The first kappa shape index (κ1) is 22.9.